The Morgan fingerprint density at radius 3 is 2.34 bits per heavy atom. The molecule has 0 bridgehead atoms. The lowest BCUT2D eigenvalue weighted by molar-refractivity contribution is -0.616. The Kier molecular flexibility index (Phi) is 11.8. The highest BCUT2D eigenvalue weighted by molar-refractivity contribution is 5.79. The summed E-state index contributed by atoms with van der Waals surface area (Å²) in [5, 5.41) is 22.9. The minimum absolute atomic E-state index is 0.00460. The van der Waals surface area contributed by atoms with Gasteiger partial charge in [-0.05, 0) is 18.6 Å². The number of ether oxygens (including phenoxy) is 1. The van der Waals surface area contributed by atoms with E-state index < -0.39 is 35.9 Å². The standard InChI is InChI=1S/C26H30N6O5.C2HF3O2/c1-18-15-32(16-21(24(33)34)29-26(36)37-17-19-7-3-2-4-8-19)25(35)30-23(18)31-13-10-20(11-14-31)28-22-9-5-6-12-27-22;3-2(4,5)1(6)7/h2-9,12,15,20-21H,10-11,13-14,16-17H2,1H3,(H,27,28)(H,29,36)(H,33,34);(H,6,7)/t21-;/m0./s1. The minimum Gasteiger partial charge on any atom is -0.542 e. The molecule has 1 saturated heterocycles. The van der Waals surface area contributed by atoms with E-state index in [1.54, 1.807) is 24.5 Å². The summed E-state index contributed by atoms with van der Waals surface area (Å²) in [5.74, 6) is -2.73. The molecule has 0 unspecified atom stereocenters. The molecule has 1 aliphatic rings. The summed E-state index contributed by atoms with van der Waals surface area (Å²) in [5.41, 5.74) is 0.950. The molecular weight excluding hydrogens is 589 g/mol. The number of aromatic nitrogens is 3. The number of nitrogens with zero attached hydrogens (tertiary/aromatic N) is 4. The van der Waals surface area contributed by atoms with Crippen molar-refractivity contribution in [1.82, 2.24) is 19.9 Å². The number of carboxylic acid groups (broad SMARTS) is 2. The maximum atomic E-state index is 12.8. The van der Waals surface area contributed by atoms with Crippen LogP contribution in [0.4, 0.5) is 29.6 Å². The Morgan fingerprint density at radius 1 is 1.14 bits per heavy atom. The monoisotopic (exact) mass is 620 g/mol. The smallest absolute Gasteiger partial charge is 0.430 e. The van der Waals surface area contributed by atoms with Crippen molar-refractivity contribution in [3.63, 3.8) is 0 Å². The van der Waals surface area contributed by atoms with Gasteiger partial charge in [0.05, 0.1) is 12.6 Å². The molecule has 236 valence electrons. The number of quaternary nitrogens is 1. The van der Waals surface area contributed by atoms with E-state index in [9.17, 15) is 32.7 Å². The van der Waals surface area contributed by atoms with E-state index in [2.05, 4.69) is 25.5 Å². The first-order valence-electron chi connectivity index (χ1n) is 13.4. The van der Waals surface area contributed by atoms with Gasteiger partial charge in [0.1, 0.15) is 24.4 Å². The molecule has 1 fully saturated rings. The molecule has 0 aliphatic carbocycles. The Balaban J connectivity index is 0.000000676. The van der Waals surface area contributed by atoms with Crippen molar-refractivity contribution >= 4 is 29.7 Å². The van der Waals surface area contributed by atoms with Crippen molar-refractivity contribution in [2.45, 2.75) is 51.2 Å². The summed E-state index contributed by atoms with van der Waals surface area (Å²) < 4.78 is 37.9. The third kappa shape index (κ3) is 10.4. The number of carbonyl (C=O) groups excluding carboxylic acids is 2. The maximum absolute atomic E-state index is 12.8. The van der Waals surface area contributed by atoms with Gasteiger partial charge in [0.25, 0.3) is 0 Å². The molecule has 2 aromatic heterocycles. The molecular formula is C28H31F3N6O7. The van der Waals surface area contributed by atoms with Crippen LogP contribution in [-0.2, 0) is 27.5 Å². The van der Waals surface area contributed by atoms with Crippen molar-refractivity contribution in [2.75, 3.05) is 18.0 Å². The summed E-state index contributed by atoms with van der Waals surface area (Å²) in [6.45, 7) is 3.06. The van der Waals surface area contributed by atoms with Crippen molar-refractivity contribution in [2.24, 2.45) is 0 Å². The van der Waals surface area contributed by atoms with Gasteiger partial charge in [-0.15, -0.1) is 0 Å². The molecule has 13 nitrogen and oxygen atoms in total. The topological polar surface area (TPSA) is 183 Å². The number of alkyl halides is 3. The van der Waals surface area contributed by atoms with Crippen LogP contribution in [0.3, 0.4) is 0 Å². The van der Waals surface area contributed by atoms with Crippen LogP contribution < -0.4 is 26.3 Å². The molecule has 1 amide bonds. The molecule has 44 heavy (non-hydrogen) atoms. The van der Waals surface area contributed by atoms with E-state index in [1.165, 1.54) is 4.57 Å². The zero-order chi connectivity index (χ0) is 32.3. The summed E-state index contributed by atoms with van der Waals surface area (Å²) in [6, 6.07) is 13.9. The minimum atomic E-state index is -5.19. The average Bonchev–Trinajstić information content (AvgIpc) is 2.98. The molecule has 3 heterocycles. The van der Waals surface area contributed by atoms with Crippen LogP contribution in [-0.4, -0.2) is 69.0 Å². The largest absolute Gasteiger partial charge is 0.542 e. The first-order valence-corrected chi connectivity index (χ1v) is 13.4. The highest BCUT2D eigenvalue weighted by Gasteiger charge is 2.29. The number of carbonyl (C=O) groups is 3. The molecule has 3 aromatic rings. The predicted molar refractivity (Wildman–Crippen MR) is 147 cm³/mol. The fourth-order valence-corrected chi connectivity index (χ4v) is 4.32. The lowest BCUT2D eigenvalue weighted by Gasteiger charge is -2.32. The summed E-state index contributed by atoms with van der Waals surface area (Å²) in [7, 11) is 0. The summed E-state index contributed by atoms with van der Waals surface area (Å²) >= 11 is 0. The van der Waals surface area contributed by atoms with Gasteiger partial charge >= 0.3 is 23.9 Å². The van der Waals surface area contributed by atoms with E-state index in [0.29, 0.717) is 11.9 Å². The molecule has 0 saturated carbocycles. The Bertz CT molecular complexity index is 1460. The fourth-order valence-electron chi connectivity index (χ4n) is 4.32. The number of amides is 1. The highest BCUT2D eigenvalue weighted by Crippen LogP contribution is 2.19. The van der Waals surface area contributed by atoms with Crippen molar-refractivity contribution < 1.29 is 47.8 Å². The molecule has 1 aromatic carbocycles. The van der Waals surface area contributed by atoms with Crippen LogP contribution in [0.25, 0.3) is 0 Å². The summed E-state index contributed by atoms with van der Waals surface area (Å²) in [6.07, 6.45) is -0.880. The fraction of sp³-hybridized carbons (Fsp3) is 0.357. The molecule has 4 N–H and O–H groups in total. The second-order valence-electron chi connectivity index (χ2n) is 9.81. The predicted octanol–water partition coefficient (Wildman–Crippen LogP) is 0.489. The van der Waals surface area contributed by atoms with Crippen molar-refractivity contribution in [3.8, 4) is 0 Å². The zero-order valence-electron chi connectivity index (χ0n) is 23.6. The van der Waals surface area contributed by atoms with Crippen LogP contribution in [0.2, 0.25) is 0 Å². The van der Waals surface area contributed by atoms with Gasteiger partial charge in [0.2, 0.25) is 5.82 Å². The number of rotatable bonds is 9. The highest BCUT2D eigenvalue weighted by atomic mass is 19.4. The number of aryl methyl sites for hydroxylation is 1. The lowest BCUT2D eigenvalue weighted by Crippen LogP contribution is -2.86. The first kappa shape index (κ1) is 33.5. The quantitative estimate of drug-likeness (QED) is 0.304. The van der Waals surface area contributed by atoms with Gasteiger partial charge in [0.15, 0.2) is 0 Å². The van der Waals surface area contributed by atoms with Crippen LogP contribution in [0.5, 0.6) is 0 Å². The van der Waals surface area contributed by atoms with Crippen molar-refractivity contribution in [3.05, 3.63) is 82.5 Å². The van der Waals surface area contributed by atoms with E-state index >= 15 is 0 Å². The third-order valence-corrected chi connectivity index (χ3v) is 6.50. The number of anilines is 1. The number of carboxylic acids is 2. The first-order chi connectivity index (χ1) is 20.8. The third-order valence-electron chi connectivity index (χ3n) is 6.50. The zero-order valence-corrected chi connectivity index (χ0v) is 23.6. The van der Waals surface area contributed by atoms with Crippen molar-refractivity contribution in [1.29, 1.82) is 0 Å². The Hall–Kier alpha value is -4.99. The van der Waals surface area contributed by atoms with E-state index in [-0.39, 0.29) is 13.2 Å². The molecule has 0 spiro atoms. The van der Waals surface area contributed by atoms with E-state index in [4.69, 9.17) is 14.6 Å². The second-order valence-corrected chi connectivity index (χ2v) is 9.81. The van der Waals surface area contributed by atoms with Crippen LogP contribution in [0.15, 0.2) is 65.7 Å². The number of piperidine rings is 1. The maximum Gasteiger partial charge on any atom is 0.430 e. The van der Waals surface area contributed by atoms with Crippen LogP contribution in [0.1, 0.15) is 24.0 Å². The summed E-state index contributed by atoms with van der Waals surface area (Å²) in [4.78, 5) is 56.2. The average molecular weight is 621 g/mol. The Morgan fingerprint density at radius 2 is 1.77 bits per heavy atom. The van der Waals surface area contributed by atoms with E-state index in [0.717, 1.165) is 42.9 Å². The second kappa shape index (κ2) is 15.5. The lowest BCUT2D eigenvalue weighted by atomic mass is 10.0. The number of pyridine rings is 1. The molecule has 4 rings (SSSR count). The number of alkyl carbamates (subject to hydrolysis) is 1. The SMILES string of the molecule is Cc1cn(C[C@H](NC(=O)OCc2ccccc2)C(=O)O)c(=O)nc1N1CCC([NH2+]c2ccccn2)CC1.O=C([O-])C(F)(F)F. The van der Waals surface area contributed by atoms with E-state index in [1.807, 2.05) is 43.3 Å². The molecule has 1 aliphatic heterocycles. The normalized spacial score (nSPS) is 14.1. The van der Waals surface area contributed by atoms with Gasteiger partial charge in [-0.25, -0.2) is 19.4 Å². The number of halogens is 3. The van der Waals surface area contributed by atoms with Gasteiger partial charge in [-0.2, -0.15) is 18.2 Å². The Labute approximate surface area is 249 Å². The van der Waals surface area contributed by atoms with Gasteiger partial charge in [-0.1, -0.05) is 36.4 Å². The number of hydrogen-bond donors (Lipinski definition) is 3. The van der Waals surface area contributed by atoms with Gasteiger partial charge in [-0.3, -0.25) is 9.88 Å². The number of benzene rings is 1. The van der Waals surface area contributed by atoms with Gasteiger partial charge < -0.3 is 30.0 Å². The van der Waals surface area contributed by atoms with Crippen LogP contribution in [0, 0.1) is 6.92 Å². The molecule has 1 atom stereocenters. The van der Waals surface area contributed by atoms with Gasteiger partial charge in [0, 0.05) is 50.0 Å². The number of nitrogens with two attached hydrogens (primary N) is 1. The molecule has 16 heteroatoms. The molecule has 0 radical (unpaired) electrons. The number of hydrogen-bond acceptors (Lipinski definition) is 9. The number of nitrogens with one attached hydrogen (secondary N) is 1. The van der Waals surface area contributed by atoms with Crippen LogP contribution >= 0.6 is 0 Å². The number of aliphatic carboxylic acids is 2.